The fraction of sp³-hybridized carbons (Fsp3) is 0.667. The first-order valence-corrected chi connectivity index (χ1v) is 7.87. The zero-order valence-electron chi connectivity index (χ0n) is 13.8. The van der Waals surface area contributed by atoms with Gasteiger partial charge in [-0.25, -0.2) is 0 Å². The summed E-state index contributed by atoms with van der Waals surface area (Å²) in [5.41, 5.74) is 0. The van der Waals surface area contributed by atoms with E-state index in [-0.39, 0.29) is 42.9 Å². The number of nitrogens with zero attached hydrogens (tertiary/aromatic N) is 4. The minimum atomic E-state index is -0.356. The van der Waals surface area contributed by atoms with Gasteiger partial charge < -0.3 is 19.9 Å². The van der Waals surface area contributed by atoms with Crippen LogP contribution in [0.4, 0.5) is 5.82 Å². The van der Waals surface area contributed by atoms with Gasteiger partial charge in [-0.3, -0.25) is 4.79 Å². The van der Waals surface area contributed by atoms with Gasteiger partial charge in [0.25, 0.3) is 5.91 Å². The Labute approximate surface area is 154 Å². The average molecular weight is 378 g/mol. The maximum Gasteiger partial charge on any atom is 0.253 e. The van der Waals surface area contributed by atoms with E-state index in [1.807, 2.05) is 24.1 Å². The van der Waals surface area contributed by atoms with E-state index in [9.17, 15) is 4.79 Å². The van der Waals surface area contributed by atoms with Crippen LogP contribution < -0.4 is 10.2 Å². The SMILES string of the molecule is CN(C(=O)C1CNCCO1)C1CCCN(c2cccnn2)C1.Cl.Cl. The van der Waals surface area contributed by atoms with E-state index in [0.29, 0.717) is 13.2 Å². The molecule has 136 valence electrons. The fourth-order valence-corrected chi connectivity index (χ4v) is 3.07. The molecular weight excluding hydrogens is 353 g/mol. The van der Waals surface area contributed by atoms with Crippen molar-refractivity contribution in [3.05, 3.63) is 18.3 Å². The van der Waals surface area contributed by atoms with E-state index in [0.717, 1.165) is 38.3 Å². The molecule has 0 bridgehead atoms. The van der Waals surface area contributed by atoms with Crippen molar-refractivity contribution < 1.29 is 9.53 Å². The van der Waals surface area contributed by atoms with Crippen molar-refractivity contribution in [1.82, 2.24) is 20.4 Å². The Balaban J connectivity index is 0.00000144. The summed E-state index contributed by atoms with van der Waals surface area (Å²) in [6.07, 6.45) is 3.38. The number of piperidine rings is 1. The number of carbonyl (C=O) groups excluding carboxylic acids is 1. The molecule has 7 nitrogen and oxygen atoms in total. The molecule has 2 aliphatic rings. The molecule has 1 aromatic heterocycles. The van der Waals surface area contributed by atoms with Crippen molar-refractivity contribution >= 4 is 36.5 Å². The van der Waals surface area contributed by atoms with Crippen LogP contribution in [0, 0.1) is 0 Å². The normalized spacial score (nSPS) is 23.6. The molecule has 2 unspecified atom stereocenters. The molecule has 3 heterocycles. The fourth-order valence-electron chi connectivity index (χ4n) is 3.07. The molecule has 3 rings (SSSR count). The molecule has 24 heavy (non-hydrogen) atoms. The number of anilines is 1. The summed E-state index contributed by atoms with van der Waals surface area (Å²) in [6, 6.07) is 4.04. The maximum atomic E-state index is 12.6. The van der Waals surface area contributed by atoms with Gasteiger partial charge in [0.15, 0.2) is 5.82 Å². The smallest absolute Gasteiger partial charge is 0.253 e. The Hall–Kier alpha value is -1.15. The van der Waals surface area contributed by atoms with E-state index >= 15 is 0 Å². The van der Waals surface area contributed by atoms with E-state index in [2.05, 4.69) is 20.4 Å². The lowest BCUT2D eigenvalue weighted by molar-refractivity contribution is -0.146. The maximum absolute atomic E-state index is 12.6. The van der Waals surface area contributed by atoms with Gasteiger partial charge in [-0.05, 0) is 25.0 Å². The van der Waals surface area contributed by atoms with Gasteiger partial charge in [0, 0.05) is 45.5 Å². The van der Waals surface area contributed by atoms with Gasteiger partial charge in [-0.2, -0.15) is 5.10 Å². The number of amides is 1. The van der Waals surface area contributed by atoms with Crippen LogP contribution in [-0.4, -0.2) is 73.0 Å². The Morgan fingerprint density at radius 3 is 2.96 bits per heavy atom. The Kier molecular flexibility index (Phi) is 8.69. The van der Waals surface area contributed by atoms with Crippen LogP contribution in [-0.2, 0) is 9.53 Å². The van der Waals surface area contributed by atoms with Crippen LogP contribution in [0.25, 0.3) is 0 Å². The second-order valence-corrected chi connectivity index (χ2v) is 5.84. The number of aromatic nitrogens is 2. The van der Waals surface area contributed by atoms with Crippen molar-refractivity contribution in [2.24, 2.45) is 0 Å². The minimum absolute atomic E-state index is 0. The predicted octanol–water partition coefficient (Wildman–Crippen LogP) is 0.736. The summed E-state index contributed by atoms with van der Waals surface area (Å²) in [6.45, 7) is 3.77. The summed E-state index contributed by atoms with van der Waals surface area (Å²) in [5, 5.41) is 11.3. The second-order valence-electron chi connectivity index (χ2n) is 5.84. The number of hydrogen-bond donors (Lipinski definition) is 1. The molecule has 0 saturated carbocycles. The molecular formula is C15H25Cl2N5O2. The topological polar surface area (TPSA) is 70.6 Å². The number of halogens is 2. The molecule has 2 saturated heterocycles. The first kappa shape index (κ1) is 20.9. The summed E-state index contributed by atoms with van der Waals surface area (Å²) in [4.78, 5) is 16.6. The number of hydrogen-bond acceptors (Lipinski definition) is 6. The van der Waals surface area contributed by atoms with Crippen LogP contribution in [0.5, 0.6) is 0 Å². The second kappa shape index (κ2) is 9.98. The lowest BCUT2D eigenvalue weighted by atomic mass is 10.0. The van der Waals surface area contributed by atoms with Crippen molar-refractivity contribution in [2.45, 2.75) is 25.0 Å². The van der Waals surface area contributed by atoms with Crippen LogP contribution in [0.1, 0.15) is 12.8 Å². The molecule has 0 aromatic carbocycles. The molecule has 1 aromatic rings. The predicted molar refractivity (Wildman–Crippen MR) is 97.1 cm³/mol. The van der Waals surface area contributed by atoms with Crippen LogP contribution in [0.15, 0.2) is 18.3 Å². The molecule has 1 N–H and O–H groups in total. The van der Waals surface area contributed by atoms with Gasteiger partial charge in [0.05, 0.1) is 6.61 Å². The van der Waals surface area contributed by atoms with Crippen LogP contribution in [0.3, 0.4) is 0 Å². The van der Waals surface area contributed by atoms with Gasteiger partial charge in [0.1, 0.15) is 6.10 Å². The average Bonchev–Trinajstić information content (AvgIpc) is 2.62. The molecule has 0 aliphatic carbocycles. The van der Waals surface area contributed by atoms with Gasteiger partial charge in [0.2, 0.25) is 0 Å². The highest BCUT2D eigenvalue weighted by Crippen LogP contribution is 2.20. The van der Waals surface area contributed by atoms with E-state index in [1.54, 1.807) is 6.20 Å². The summed E-state index contributed by atoms with van der Waals surface area (Å²) in [7, 11) is 1.88. The molecule has 2 atom stereocenters. The Morgan fingerprint density at radius 2 is 2.29 bits per heavy atom. The highest BCUT2D eigenvalue weighted by atomic mass is 35.5. The zero-order valence-corrected chi connectivity index (χ0v) is 15.4. The molecule has 9 heteroatoms. The number of carbonyl (C=O) groups is 1. The largest absolute Gasteiger partial charge is 0.366 e. The first-order valence-electron chi connectivity index (χ1n) is 7.87. The van der Waals surface area contributed by atoms with Gasteiger partial charge in [-0.15, -0.1) is 29.9 Å². The first-order chi connectivity index (χ1) is 10.8. The highest BCUT2D eigenvalue weighted by Gasteiger charge is 2.31. The standard InChI is InChI=1S/C15H23N5O2.2ClH/c1-19(15(21)13-10-16-7-9-22-13)12-4-3-8-20(11-12)14-5-2-6-17-18-14;;/h2,5-6,12-13,16H,3-4,7-11H2,1H3;2*1H. The third-order valence-corrected chi connectivity index (χ3v) is 4.38. The Bertz CT molecular complexity index is 502. The lowest BCUT2D eigenvalue weighted by Gasteiger charge is -2.39. The lowest BCUT2D eigenvalue weighted by Crippen LogP contribution is -2.54. The number of rotatable bonds is 3. The molecule has 0 radical (unpaired) electrons. The van der Waals surface area contributed by atoms with Crippen molar-refractivity contribution in [3.8, 4) is 0 Å². The minimum Gasteiger partial charge on any atom is -0.366 e. The van der Waals surface area contributed by atoms with Crippen molar-refractivity contribution in [3.63, 3.8) is 0 Å². The number of morpholine rings is 1. The number of nitrogens with one attached hydrogen (secondary N) is 1. The van der Waals surface area contributed by atoms with Gasteiger partial charge in [-0.1, -0.05) is 0 Å². The van der Waals surface area contributed by atoms with E-state index in [4.69, 9.17) is 4.74 Å². The Morgan fingerprint density at radius 1 is 1.46 bits per heavy atom. The zero-order chi connectivity index (χ0) is 15.4. The highest BCUT2D eigenvalue weighted by molar-refractivity contribution is 5.85. The summed E-state index contributed by atoms with van der Waals surface area (Å²) >= 11 is 0. The quantitative estimate of drug-likeness (QED) is 0.837. The van der Waals surface area contributed by atoms with Gasteiger partial charge >= 0.3 is 0 Å². The van der Waals surface area contributed by atoms with Crippen LogP contribution in [0.2, 0.25) is 0 Å². The molecule has 1 amide bonds. The summed E-state index contributed by atoms with van der Waals surface area (Å²) < 4.78 is 5.57. The third kappa shape index (κ3) is 4.92. The number of ether oxygens (including phenoxy) is 1. The third-order valence-electron chi connectivity index (χ3n) is 4.38. The monoisotopic (exact) mass is 377 g/mol. The van der Waals surface area contributed by atoms with Crippen molar-refractivity contribution in [2.75, 3.05) is 44.7 Å². The molecule has 2 fully saturated rings. The van der Waals surface area contributed by atoms with E-state index in [1.165, 1.54) is 0 Å². The molecule has 0 spiro atoms. The van der Waals surface area contributed by atoms with Crippen molar-refractivity contribution in [1.29, 1.82) is 0 Å². The van der Waals surface area contributed by atoms with Crippen LogP contribution >= 0.6 is 24.8 Å². The number of likely N-dealkylation sites (N-methyl/N-ethyl adjacent to an activating group) is 1. The summed E-state index contributed by atoms with van der Waals surface area (Å²) in [5.74, 6) is 0.946. The van der Waals surface area contributed by atoms with E-state index < -0.39 is 0 Å². The molecule has 2 aliphatic heterocycles.